The topological polar surface area (TPSA) is 73.4 Å². The van der Waals surface area contributed by atoms with Crippen molar-refractivity contribution in [1.82, 2.24) is 0 Å². The summed E-state index contributed by atoms with van der Waals surface area (Å²) in [5.74, 6) is -0.393. The van der Waals surface area contributed by atoms with Crippen LogP contribution >= 0.6 is 0 Å². The highest BCUT2D eigenvalue weighted by Crippen LogP contribution is 2.30. The predicted molar refractivity (Wildman–Crippen MR) is 100 cm³/mol. The average molecular weight is 334 g/mol. The first-order valence-electron chi connectivity index (χ1n) is 8.42. The van der Waals surface area contributed by atoms with Crippen LogP contribution < -0.4 is 15.5 Å². The molecule has 0 radical (unpaired) electrons. The lowest BCUT2D eigenvalue weighted by Crippen LogP contribution is -2.47. The third kappa shape index (κ3) is 3.16. The maximum absolute atomic E-state index is 11.8. The summed E-state index contributed by atoms with van der Waals surface area (Å²) in [7, 11) is 0. The van der Waals surface area contributed by atoms with Gasteiger partial charge in [0.15, 0.2) is 0 Å². The average Bonchev–Trinajstić information content (AvgIpc) is 2.63. The van der Waals surface area contributed by atoms with Crippen LogP contribution in [0.5, 0.6) is 0 Å². The molecule has 1 heterocycles. The molecule has 5 heteroatoms. The van der Waals surface area contributed by atoms with Gasteiger partial charge in [0.05, 0.1) is 22.5 Å². The highest BCUT2D eigenvalue weighted by molar-refractivity contribution is 5.99. The molecule has 0 bridgehead atoms. The first-order valence-corrected chi connectivity index (χ1v) is 8.42. The Kier molecular flexibility index (Phi) is 4.62. The van der Waals surface area contributed by atoms with Crippen LogP contribution in [0.15, 0.2) is 36.4 Å². The van der Waals surface area contributed by atoms with E-state index in [-0.39, 0.29) is 0 Å². The second-order valence-corrected chi connectivity index (χ2v) is 6.37. The number of amides is 1. The summed E-state index contributed by atoms with van der Waals surface area (Å²) in [5.41, 5.74) is 11.0. The molecular weight excluding hydrogens is 312 g/mol. The van der Waals surface area contributed by atoms with Gasteiger partial charge in [-0.25, -0.2) is 0 Å². The van der Waals surface area contributed by atoms with E-state index >= 15 is 0 Å². The van der Waals surface area contributed by atoms with Gasteiger partial charge >= 0.3 is 0 Å². The lowest BCUT2D eigenvalue weighted by molar-refractivity contribution is 0.100. The first-order chi connectivity index (χ1) is 12.0. The van der Waals surface area contributed by atoms with Crippen LogP contribution in [0.4, 0.5) is 11.4 Å². The summed E-state index contributed by atoms with van der Waals surface area (Å²) in [6.45, 7) is 7.24. The van der Waals surface area contributed by atoms with Gasteiger partial charge in [-0.2, -0.15) is 5.26 Å². The Bertz CT molecular complexity index is 845. The van der Waals surface area contributed by atoms with E-state index in [9.17, 15) is 10.1 Å². The molecule has 0 aliphatic carbocycles. The number of benzene rings is 2. The minimum absolute atomic E-state index is 0.393. The van der Waals surface area contributed by atoms with Crippen molar-refractivity contribution in [2.24, 2.45) is 5.73 Å². The van der Waals surface area contributed by atoms with Crippen LogP contribution in [0.3, 0.4) is 0 Å². The Labute approximate surface area is 148 Å². The van der Waals surface area contributed by atoms with Gasteiger partial charge in [-0.1, -0.05) is 18.2 Å². The Morgan fingerprint density at radius 3 is 2.32 bits per heavy atom. The standard InChI is InChI=1S/C20H22N4O/c1-14-7-8-17(20(22)25)19(15(14)2)24-11-9-23(10-12-24)18-6-4-3-5-16(18)13-21/h3-8H,9-12H2,1-2H3,(H2,22,25). The minimum atomic E-state index is -0.393. The van der Waals surface area contributed by atoms with Crippen molar-refractivity contribution in [3.63, 3.8) is 0 Å². The van der Waals surface area contributed by atoms with Gasteiger partial charge in [0.2, 0.25) is 0 Å². The summed E-state index contributed by atoms with van der Waals surface area (Å²) in [6.07, 6.45) is 0. The minimum Gasteiger partial charge on any atom is -0.367 e. The van der Waals surface area contributed by atoms with Crippen LogP contribution in [0.25, 0.3) is 0 Å². The third-order valence-electron chi connectivity index (χ3n) is 4.93. The van der Waals surface area contributed by atoms with Crippen LogP contribution in [0, 0.1) is 25.2 Å². The quantitative estimate of drug-likeness (QED) is 0.936. The number of carbonyl (C=O) groups is 1. The fourth-order valence-electron chi connectivity index (χ4n) is 3.42. The zero-order valence-electron chi connectivity index (χ0n) is 14.6. The van der Waals surface area contributed by atoms with Crippen LogP contribution in [-0.4, -0.2) is 32.1 Å². The molecule has 0 spiro atoms. The number of anilines is 2. The van der Waals surface area contributed by atoms with Crippen LogP contribution in [0.1, 0.15) is 27.0 Å². The Balaban J connectivity index is 1.85. The molecule has 5 nitrogen and oxygen atoms in total. The number of para-hydroxylation sites is 1. The van der Waals surface area contributed by atoms with Gasteiger partial charge in [0, 0.05) is 26.2 Å². The zero-order chi connectivity index (χ0) is 18.0. The number of carbonyl (C=O) groups excluding carboxylic acids is 1. The Morgan fingerprint density at radius 2 is 1.68 bits per heavy atom. The van der Waals surface area contributed by atoms with Gasteiger partial charge in [-0.05, 0) is 43.2 Å². The normalized spacial score (nSPS) is 14.3. The van der Waals surface area contributed by atoms with E-state index in [1.807, 2.05) is 50.2 Å². The maximum Gasteiger partial charge on any atom is 0.250 e. The monoisotopic (exact) mass is 334 g/mol. The smallest absolute Gasteiger partial charge is 0.250 e. The van der Waals surface area contributed by atoms with E-state index in [1.165, 1.54) is 0 Å². The van der Waals surface area contributed by atoms with Gasteiger partial charge in [-0.15, -0.1) is 0 Å². The van der Waals surface area contributed by atoms with Crippen molar-refractivity contribution in [3.05, 3.63) is 58.7 Å². The second-order valence-electron chi connectivity index (χ2n) is 6.37. The zero-order valence-corrected chi connectivity index (χ0v) is 14.6. The summed E-state index contributed by atoms with van der Waals surface area (Å²) >= 11 is 0. The molecule has 0 atom stereocenters. The molecule has 3 rings (SSSR count). The van der Waals surface area contributed by atoms with E-state index < -0.39 is 5.91 Å². The number of nitrogens with two attached hydrogens (primary N) is 1. The summed E-state index contributed by atoms with van der Waals surface area (Å²) < 4.78 is 0. The lowest BCUT2D eigenvalue weighted by atomic mass is 10.0. The highest BCUT2D eigenvalue weighted by Gasteiger charge is 2.24. The maximum atomic E-state index is 11.8. The SMILES string of the molecule is Cc1ccc(C(N)=O)c(N2CCN(c3ccccc3C#N)CC2)c1C. The number of piperazine rings is 1. The number of hydrogen-bond donors (Lipinski definition) is 1. The van der Waals surface area contributed by atoms with Crippen LogP contribution in [0.2, 0.25) is 0 Å². The third-order valence-corrected chi connectivity index (χ3v) is 4.93. The van der Waals surface area contributed by atoms with Crippen molar-refractivity contribution >= 4 is 17.3 Å². The van der Waals surface area contributed by atoms with E-state index in [0.717, 1.165) is 48.7 Å². The molecule has 0 saturated carbocycles. The molecule has 1 fully saturated rings. The van der Waals surface area contributed by atoms with Crippen LogP contribution in [-0.2, 0) is 0 Å². The van der Waals surface area contributed by atoms with E-state index in [1.54, 1.807) is 0 Å². The van der Waals surface area contributed by atoms with E-state index in [4.69, 9.17) is 5.73 Å². The predicted octanol–water partition coefficient (Wildman–Crippen LogP) is 2.60. The van der Waals surface area contributed by atoms with Gasteiger partial charge in [0.1, 0.15) is 6.07 Å². The van der Waals surface area contributed by atoms with Gasteiger partial charge in [-0.3, -0.25) is 4.79 Å². The number of primary amides is 1. The van der Waals surface area contributed by atoms with Crippen molar-refractivity contribution < 1.29 is 4.79 Å². The molecule has 2 aromatic carbocycles. The Hall–Kier alpha value is -3.00. The first kappa shape index (κ1) is 16.8. The fourth-order valence-corrected chi connectivity index (χ4v) is 3.42. The number of aryl methyl sites for hydroxylation is 1. The molecule has 1 amide bonds. The van der Waals surface area contributed by atoms with E-state index in [2.05, 4.69) is 15.9 Å². The van der Waals surface area contributed by atoms with Crippen molar-refractivity contribution in [2.75, 3.05) is 36.0 Å². The largest absolute Gasteiger partial charge is 0.367 e. The van der Waals surface area contributed by atoms with E-state index in [0.29, 0.717) is 11.1 Å². The summed E-state index contributed by atoms with van der Waals surface area (Å²) in [5, 5.41) is 9.31. The molecule has 1 aliphatic rings. The number of nitrogens with zero attached hydrogens (tertiary/aromatic N) is 3. The number of hydrogen-bond acceptors (Lipinski definition) is 4. The number of rotatable bonds is 3. The highest BCUT2D eigenvalue weighted by atomic mass is 16.1. The summed E-state index contributed by atoms with van der Waals surface area (Å²) in [4.78, 5) is 16.3. The van der Waals surface area contributed by atoms with Crippen molar-refractivity contribution in [1.29, 1.82) is 5.26 Å². The molecular formula is C20H22N4O. The molecule has 2 N–H and O–H groups in total. The molecule has 1 saturated heterocycles. The molecule has 2 aromatic rings. The van der Waals surface area contributed by atoms with Crippen molar-refractivity contribution in [3.8, 4) is 6.07 Å². The fraction of sp³-hybridized carbons (Fsp3) is 0.300. The van der Waals surface area contributed by atoms with Gasteiger partial charge < -0.3 is 15.5 Å². The molecule has 0 unspecified atom stereocenters. The van der Waals surface area contributed by atoms with Crippen molar-refractivity contribution in [2.45, 2.75) is 13.8 Å². The molecule has 128 valence electrons. The molecule has 1 aliphatic heterocycles. The molecule has 0 aromatic heterocycles. The summed E-state index contributed by atoms with van der Waals surface area (Å²) in [6, 6.07) is 13.7. The Morgan fingerprint density at radius 1 is 1.04 bits per heavy atom. The second kappa shape index (κ2) is 6.86. The number of nitriles is 1. The lowest BCUT2D eigenvalue weighted by Gasteiger charge is -2.39. The molecule has 25 heavy (non-hydrogen) atoms. The van der Waals surface area contributed by atoms with Gasteiger partial charge in [0.25, 0.3) is 5.91 Å².